The van der Waals surface area contributed by atoms with E-state index in [1.165, 1.54) is 0 Å². The molecule has 0 aliphatic carbocycles. The highest BCUT2D eigenvalue weighted by Crippen LogP contribution is 2.35. The Kier molecular flexibility index (Phi) is 5.65. The summed E-state index contributed by atoms with van der Waals surface area (Å²) in [4.78, 5) is 1.09. The van der Waals surface area contributed by atoms with Crippen LogP contribution in [0.25, 0.3) is 0 Å². The van der Waals surface area contributed by atoms with Crippen LogP contribution in [0.4, 0.5) is 0 Å². The van der Waals surface area contributed by atoms with Gasteiger partial charge in [0.1, 0.15) is 11.5 Å². The summed E-state index contributed by atoms with van der Waals surface area (Å²) in [6.45, 7) is 2.01. The summed E-state index contributed by atoms with van der Waals surface area (Å²) >= 11 is 1.65. The van der Waals surface area contributed by atoms with Crippen LogP contribution in [0.2, 0.25) is 0 Å². The molecule has 1 rings (SSSR count). The summed E-state index contributed by atoms with van der Waals surface area (Å²) < 4.78 is 10.8. The van der Waals surface area contributed by atoms with Gasteiger partial charge in [0.05, 0.1) is 19.1 Å². The molecule has 96 valence electrons. The molecule has 0 saturated carbocycles. The monoisotopic (exact) mass is 255 g/mol. The van der Waals surface area contributed by atoms with E-state index in [1.54, 1.807) is 26.0 Å². The van der Waals surface area contributed by atoms with Crippen LogP contribution in [0, 0.1) is 0 Å². The number of hydrogen-bond acceptors (Lipinski definition) is 4. The number of rotatable bonds is 6. The summed E-state index contributed by atoms with van der Waals surface area (Å²) in [6, 6.07) is 4.28. The van der Waals surface area contributed by atoms with Gasteiger partial charge in [-0.15, -0.1) is 11.8 Å². The van der Waals surface area contributed by atoms with E-state index in [0.29, 0.717) is 0 Å². The number of hydrogen-bond donors (Lipinski definition) is 1. The largest absolute Gasteiger partial charge is 0.496 e. The van der Waals surface area contributed by atoms with Gasteiger partial charge in [0.15, 0.2) is 0 Å². The van der Waals surface area contributed by atoms with E-state index in [1.807, 2.05) is 25.3 Å². The first-order valence-electron chi connectivity index (χ1n) is 5.66. The lowest BCUT2D eigenvalue weighted by molar-refractivity contribution is 0.389. The summed E-state index contributed by atoms with van der Waals surface area (Å²) in [5, 5.41) is 0. The standard InChI is InChI=1S/C13H21NO2S/c1-9(14)5-6-10-7-12(16-3)13(17-4)8-11(10)15-2/h7-9H,5-6,14H2,1-4H3. The van der Waals surface area contributed by atoms with Gasteiger partial charge in [-0.2, -0.15) is 0 Å². The summed E-state index contributed by atoms with van der Waals surface area (Å²) in [7, 11) is 3.39. The normalized spacial score (nSPS) is 12.3. The highest BCUT2D eigenvalue weighted by atomic mass is 32.2. The Morgan fingerprint density at radius 2 is 1.88 bits per heavy atom. The Morgan fingerprint density at radius 1 is 1.24 bits per heavy atom. The van der Waals surface area contributed by atoms with Crippen molar-refractivity contribution in [1.82, 2.24) is 0 Å². The predicted octanol–water partition coefficient (Wildman–Crippen LogP) is 2.71. The highest BCUT2D eigenvalue weighted by Gasteiger charge is 2.11. The molecular formula is C13H21NO2S. The quantitative estimate of drug-likeness (QED) is 0.794. The van der Waals surface area contributed by atoms with Crippen molar-refractivity contribution in [1.29, 1.82) is 0 Å². The van der Waals surface area contributed by atoms with Crippen molar-refractivity contribution in [2.75, 3.05) is 20.5 Å². The molecular weight excluding hydrogens is 234 g/mol. The molecule has 0 radical (unpaired) electrons. The highest BCUT2D eigenvalue weighted by molar-refractivity contribution is 7.98. The molecule has 1 aromatic rings. The van der Waals surface area contributed by atoms with Crippen LogP contribution < -0.4 is 15.2 Å². The number of ether oxygens (including phenoxy) is 2. The van der Waals surface area contributed by atoms with Crippen LogP contribution in [0.5, 0.6) is 11.5 Å². The van der Waals surface area contributed by atoms with Crippen molar-refractivity contribution < 1.29 is 9.47 Å². The maximum atomic E-state index is 5.78. The van der Waals surface area contributed by atoms with Gasteiger partial charge in [0, 0.05) is 6.04 Å². The molecule has 1 unspecified atom stereocenters. The van der Waals surface area contributed by atoms with Gasteiger partial charge in [0.2, 0.25) is 0 Å². The van der Waals surface area contributed by atoms with Gasteiger partial charge in [-0.1, -0.05) is 0 Å². The van der Waals surface area contributed by atoms with Crippen molar-refractivity contribution in [3.63, 3.8) is 0 Å². The Bertz CT molecular complexity index is 367. The molecule has 1 aromatic carbocycles. The first-order valence-corrected chi connectivity index (χ1v) is 6.89. The SMILES string of the molecule is COc1cc(SC)c(OC)cc1CCC(C)N. The zero-order valence-corrected chi connectivity index (χ0v) is 11.8. The van der Waals surface area contributed by atoms with Gasteiger partial charge in [-0.3, -0.25) is 0 Å². The van der Waals surface area contributed by atoms with Crippen LogP contribution in [0.1, 0.15) is 18.9 Å². The third-order valence-electron chi connectivity index (χ3n) is 2.66. The molecule has 0 aromatic heterocycles. The molecule has 0 saturated heterocycles. The van der Waals surface area contributed by atoms with Crippen LogP contribution in [0.15, 0.2) is 17.0 Å². The van der Waals surface area contributed by atoms with Gasteiger partial charge in [-0.25, -0.2) is 0 Å². The first-order chi connectivity index (χ1) is 8.12. The third kappa shape index (κ3) is 3.82. The van der Waals surface area contributed by atoms with Crippen molar-refractivity contribution in [2.45, 2.75) is 30.7 Å². The summed E-state index contributed by atoms with van der Waals surface area (Å²) in [5.74, 6) is 1.81. The zero-order chi connectivity index (χ0) is 12.8. The zero-order valence-electron chi connectivity index (χ0n) is 10.9. The number of methoxy groups -OCH3 is 2. The lowest BCUT2D eigenvalue weighted by Crippen LogP contribution is -2.15. The van der Waals surface area contributed by atoms with Crippen LogP contribution in [-0.2, 0) is 6.42 Å². The Hall–Kier alpha value is -0.870. The molecule has 0 fully saturated rings. The first kappa shape index (κ1) is 14.2. The molecule has 0 spiro atoms. The van der Waals surface area contributed by atoms with E-state index in [-0.39, 0.29) is 6.04 Å². The Labute approximate surface area is 108 Å². The molecule has 2 N–H and O–H groups in total. The average Bonchev–Trinajstić information content (AvgIpc) is 2.34. The van der Waals surface area contributed by atoms with Gasteiger partial charge >= 0.3 is 0 Å². The minimum atomic E-state index is 0.200. The van der Waals surface area contributed by atoms with Crippen molar-refractivity contribution >= 4 is 11.8 Å². The average molecular weight is 255 g/mol. The van der Waals surface area contributed by atoms with E-state index in [9.17, 15) is 0 Å². The second-order valence-corrected chi connectivity index (χ2v) is 4.88. The number of nitrogens with two attached hydrogens (primary N) is 1. The van der Waals surface area contributed by atoms with Gasteiger partial charge in [0.25, 0.3) is 0 Å². The van der Waals surface area contributed by atoms with E-state index in [2.05, 4.69) is 0 Å². The fraction of sp³-hybridized carbons (Fsp3) is 0.538. The van der Waals surface area contributed by atoms with E-state index < -0.39 is 0 Å². The van der Waals surface area contributed by atoms with E-state index in [0.717, 1.165) is 34.8 Å². The molecule has 3 nitrogen and oxygen atoms in total. The van der Waals surface area contributed by atoms with E-state index in [4.69, 9.17) is 15.2 Å². The molecule has 0 aliphatic rings. The molecule has 0 amide bonds. The van der Waals surface area contributed by atoms with Crippen molar-refractivity contribution in [3.05, 3.63) is 17.7 Å². The Morgan fingerprint density at radius 3 is 2.35 bits per heavy atom. The molecule has 17 heavy (non-hydrogen) atoms. The minimum absolute atomic E-state index is 0.200. The molecule has 0 heterocycles. The number of benzene rings is 1. The maximum Gasteiger partial charge on any atom is 0.132 e. The number of thioether (sulfide) groups is 1. The Balaban J connectivity index is 3.01. The van der Waals surface area contributed by atoms with Gasteiger partial charge in [-0.05, 0) is 43.7 Å². The molecule has 4 heteroatoms. The van der Waals surface area contributed by atoms with E-state index >= 15 is 0 Å². The smallest absolute Gasteiger partial charge is 0.132 e. The molecule has 0 aliphatic heterocycles. The maximum absolute atomic E-state index is 5.78. The summed E-state index contributed by atoms with van der Waals surface area (Å²) in [6.07, 6.45) is 3.88. The second kappa shape index (κ2) is 6.77. The topological polar surface area (TPSA) is 44.5 Å². The van der Waals surface area contributed by atoms with Crippen molar-refractivity contribution in [3.8, 4) is 11.5 Å². The lowest BCUT2D eigenvalue weighted by Gasteiger charge is -2.14. The van der Waals surface area contributed by atoms with Crippen LogP contribution in [0.3, 0.4) is 0 Å². The lowest BCUT2D eigenvalue weighted by atomic mass is 10.1. The van der Waals surface area contributed by atoms with Gasteiger partial charge < -0.3 is 15.2 Å². The predicted molar refractivity (Wildman–Crippen MR) is 73.3 cm³/mol. The minimum Gasteiger partial charge on any atom is -0.496 e. The van der Waals surface area contributed by atoms with Crippen LogP contribution in [-0.4, -0.2) is 26.5 Å². The second-order valence-electron chi connectivity index (χ2n) is 4.03. The fourth-order valence-corrected chi connectivity index (χ4v) is 2.24. The summed E-state index contributed by atoms with van der Waals surface area (Å²) in [5.41, 5.74) is 6.93. The van der Waals surface area contributed by atoms with Crippen molar-refractivity contribution in [2.24, 2.45) is 5.73 Å². The van der Waals surface area contributed by atoms with Crippen LogP contribution >= 0.6 is 11.8 Å². The molecule has 0 bridgehead atoms. The fourth-order valence-electron chi connectivity index (χ4n) is 1.67. The number of aryl methyl sites for hydroxylation is 1. The molecule has 1 atom stereocenters. The third-order valence-corrected chi connectivity index (χ3v) is 3.41.